The van der Waals surface area contributed by atoms with E-state index in [9.17, 15) is 4.79 Å². The molecule has 0 fully saturated rings. The number of carbonyl (C=O) groups excluding carboxylic acids is 1. The molecular weight excluding hydrogens is 344 g/mol. The maximum absolute atomic E-state index is 10.8. The van der Waals surface area contributed by atoms with E-state index in [1.165, 1.54) is 5.56 Å². The van der Waals surface area contributed by atoms with Gasteiger partial charge in [0.15, 0.2) is 11.5 Å². The number of benzene rings is 2. The molecule has 2 rings (SSSR count). The summed E-state index contributed by atoms with van der Waals surface area (Å²) in [5.41, 5.74) is 2.93. The van der Waals surface area contributed by atoms with Crippen molar-refractivity contribution in [2.24, 2.45) is 0 Å². The fourth-order valence-corrected chi connectivity index (χ4v) is 2.53. The van der Waals surface area contributed by atoms with Crippen molar-refractivity contribution in [1.82, 2.24) is 0 Å². The van der Waals surface area contributed by atoms with Crippen LogP contribution in [0.2, 0.25) is 0 Å². The highest BCUT2D eigenvalue weighted by molar-refractivity contribution is 5.76. The van der Waals surface area contributed by atoms with E-state index in [1.54, 1.807) is 25.3 Å². The molecule has 0 spiro atoms. The van der Waals surface area contributed by atoms with Crippen LogP contribution in [0.5, 0.6) is 17.2 Å². The van der Waals surface area contributed by atoms with Gasteiger partial charge in [0, 0.05) is 5.56 Å². The minimum absolute atomic E-state index is 0.388. The Morgan fingerprint density at radius 3 is 2.22 bits per heavy atom. The highest BCUT2D eigenvalue weighted by Gasteiger charge is 2.06. The van der Waals surface area contributed by atoms with Crippen LogP contribution in [0.15, 0.2) is 36.4 Å². The lowest BCUT2D eigenvalue weighted by molar-refractivity contribution is 0.0755. The van der Waals surface area contributed by atoms with Crippen LogP contribution >= 0.6 is 0 Å². The molecule has 5 heteroatoms. The van der Waals surface area contributed by atoms with Gasteiger partial charge in [0.1, 0.15) is 25.2 Å². The first-order valence-electron chi connectivity index (χ1n) is 9.12. The van der Waals surface area contributed by atoms with Crippen LogP contribution in [0.1, 0.15) is 41.3 Å². The molecule has 146 valence electrons. The number of methoxy groups -OCH3 is 1. The predicted molar refractivity (Wildman–Crippen MR) is 105 cm³/mol. The van der Waals surface area contributed by atoms with Gasteiger partial charge in [-0.25, -0.2) is 0 Å². The van der Waals surface area contributed by atoms with Gasteiger partial charge in [0.2, 0.25) is 0 Å². The van der Waals surface area contributed by atoms with Crippen molar-refractivity contribution in [1.29, 1.82) is 0 Å². The Labute approximate surface area is 161 Å². The van der Waals surface area contributed by atoms with Crippen molar-refractivity contribution >= 4 is 6.29 Å². The normalized spacial score (nSPS) is 10.7. The van der Waals surface area contributed by atoms with Gasteiger partial charge < -0.3 is 18.9 Å². The third kappa shape index (κ3) is 6.29. The summed E-state index contributed by atoms with van der Waals surface area (Å²) in [6, 6.07) is 11.4. The van der Waals surface area contributed by atoms with Gasteiger partial charge in [0.25, 0.3) is 0 Å². The average molecular weight is 372 g/mol. The van der Waals surface area contributed by atoms with Crippen molar-refractivity contribution in [3.63, 3.8) is 0 Å². The molecule has 0 saturated carbocycles. The molecule has 0 aliphatic heterocycles. The lowest BCUT2D eigenvalue weighted by atomic mass is 10.0. The van der Waals surface area contributed by atoms with Crippen LogP contribution in [-0.4, -0.2) is 39.8 Å². The number of rotatable bonds is 11. The SMILES string of the molecule is COc1cc(C=O)ccc1OCCOCCOc1cc(C(C)C)ccc1C. The Bertz CT molecular complexity index is 739. The third-order valence-electron chi connectivity index (χ3n) is 4.17. The summed E-state index contributed by atoms with van der Waals surface area (Å²) in [6.45, 7) is 8.16. The van der Waals surface area contributed by atoms with E-state index in [0.717, 1.165) is 17.6 Å². The molecular formula is C22H28O5. The van der Waals surface area contributed by atoms with E-state index < -0.39 is 0 Å². The molecule has 0 bridgehead atoms. The second-order valence-corrected chi connectivity index (χ2v) is 6.52. The minimum atomic E-state index is 0.388. The highest BCUT2D eigenvalue weighted by atomic mass is 16.6. The number of hydrogen-bond donors (Lipinski definition) is 0. The zero-order valence-corrected chi connectivity index (χ0v) is 16.5. The summed E-state index contributed by atoms with van der Waals surface area (Å²) >= 11 is 0. The van der Waals surface area contributed by atoms with Crippen LogP contribution in [-0.2, 0) is 4.74 Å². The number of aryl methyl sites for hydroxylation is 1. The van der Waals surface area contributed by atoms with E-state index in [-0.39, 0.29) is 0 Å². The monoisotopic (exact) mass is 372 g/mol. The molecule has 0 unspecified atom stereocenters. The van der Waals surface area contributed by atoms with Crippen LogP contribution in [0.4, 0.5) is 0 Å². The van der Waals surface area contributed by atoms with Crippen molar-refractivity contribution < 1.29 is 23.7 Å². The van der Waals surface area contributed by atoms with Gasteiger partial charge in [-0.15, -0.1) is 0 Å². The molecule has 0 aliphatic carbocycles. The van der Waals surface area contributed by atoms with Crippen LogP contribution in [0.3, 0.4) is 0 Å². The first-order chi connectivity index (χ1) is 13.0. The Balaban J connectivity index is 1.70. The van der Waals surface area contributed by atoms with Crippen LogP contribution < -0.4 is 14.2 Å². The minimum Gasteiger partial charge on any atom is -0.493 e. The summed E-state index contributed by atoms with van der Waals surface area (Å²) < 4.78 is 22.3. The second kappa shape index (κ2) is 10.6. The molecule has 0 N–H and O–H groups in total. The number of ether oxygens (including phenoxy) is 4. The topological polar surface area (TPSA) is 54.0 Å². The van der Waals surface area contributed by atoms with Crippen molar-refractivity contribution in [3.05, 3.63) is 53.1 Å². The highest BCUT2D eigenvalue weighted by Crippen LogP contribution is 2.27. The first kappa shape index (κ1) is 20.8. The van der Waals surface area contributed by atoms with Crippen molar-refractivity contribution in [2.45, 2.75) is 26.7 Å². The zero-order valence-electron chi connectivity index (χ0n) is 16.5. The molecule has 0 amide bonds. The lowest BCUT2D eigenvalue weighted by Gasteiger charge is -2.13. The smallest absolute Gasteiger partial charge is 0.161 e. The Hall–Kier alpha value is -2.53. The fraction of sp³-hybridized carbons (Fsp3) is 0.409. The average Bonchev–Trinajstić information content (AvgIpc) is 2.68. The van der Waals surface area contributed by atoms with Crippen molar-refractivity contribution in [3.8, 4) is 17.2 Å². The molecule has 0 atom stereocenters. The molecule has 5 nitrogen and oxygen atoms in total. The molecule has 0 saturated heterocycles. The quantitative estimate of drug-likeness (QED) is 0.432. The van der Waals surface area contributed by atoms with E-state index >= 15 is 0 Å². The summed E-state index contributed by atoms with van der Waals surface area (Å²) in [7, 11) is 1.54. The molecule has 0 heterocycles. The predicted octanol–water partition coefficient (Wildman–Crippen LogP) is 4.41. The molecule has 0 aliphatic rings. The number of carbonyl (C=O) groups is 1. The van der Waals surface area contributed by atoms with E-state index in [2.05, 4.69) is 32.0 Å². The van der Waals surface area contributed by atoms with E-state index in [1.807, 2.05) is 6.92 Å². The second-order valence-electron chi connectivity index (χ2n) is 6.52. The van der Waals surface area contributed by atoms with Crippen LogP contribution in [0, 0.1) is 6.92 Å². The van der Waals surface area contributed by atoms with Gasteiger partial charge >= 0.3 is 0 Å². The van der Waals surface area contributed by atoms with Gasteiger partial charge in [-0.2, -0.15) is 0 Å². The zero-order chi connectivity index (χ0) is 19.6. The van der Waals surface area contributed by atoms with Gasteiger partial charge in [-0.1, -0.05) is 26.0 Å². The van der Waals surface area contributed by atoms with Gasteiger partial charge in [-0.05, 0) is 48.2 Å². The number of aldehydes is 1. The Morgan fingerprint density at radius 2 is 1.59 bits per heavy atom. The molecule has 2 aromatic carbocycles. The maximum Gasteiger partial charge on any atom is 0.161 e. The van der Waals surface area contributed by atoms with Gasteiger partial charge in [0.05, 0.1) is 20.3 Å². The van der Waals surface area contributed by atoms with E-state index in [4.69, 9.17) is 18.9 Å². The summed E-state index contributed by atoms with van der Waals surface area (Å²) in [4.78, 5) is 10.8. The fourth-order valence-electron chi connectivity index (χ4n) is 2.53. The van der Waals surface area contributed by atoms with Crippen molar-refractivity contribution in [2.75, 3.05) is 33.5 Å². The molecule has 2 aromatic rings. The first-order valence-corrected chi connectivity index (χ1v) is 9.12. The van der Waals surface area contributed by atoms with E-state index in [0.29, 0.717) is 49.4 Å². The summed E-state index contributed by atoms with van der Waals surface area (Å²) in [5, 5.41) is 0. The molecule has 0 aromatic heterocycles. The summed E-state index contributed by atoms with van der Waals surface area (Å²) in [5.74, 6) is 2.49. The number of hydrogen-bond acceptors (Lipinski definition) is 5. The largest absolute Gasteiger partial charge is 0.493 e. The third-order valence-corrected chi connectivity index (χ3v) is 4.17. The Kier molecular flexibility index (Phi) is 8.14. The van der Waals surface area contributed by atoms with Gasteiger partial charge in [-0.3, -0.25) is 4.79 Å². The summed E-state index contributed by atoms with van der Waals surface area (Å²) in [6.07, 6.45) is 0.772. The standard InChI is InChI=1S/C22H28O5/c1-16(2)19-7-5-17(3)21(14-19)27-12-10-25-9-11-26-20-8-6-18(15-23)13-22(20)24-4/h5-8,13-16H,9-12H2,1-4H3. The molecule has 0 radical (unpaired) electrons. The lowest BCUT2D eigenvalue weighted by Crippen LogP contribution is -2.12. The van der Waals surface area contributed by atoms with Crippen LogP contribution in [0.25, 0.3) is 0 Å². The molecule has 27 heavy (non-hydrogen) atoms. The maximum atomic E-state index is 10.8. The Morgan fingerprint density at radius 1 is 0.889 bits per heavy atom.